The second-order valence-electron chi connectivity index (χ2n) is 16.2. The number of halogens is 2. The Balaban J connectivity index is 1.04. The number of aliphatic hydroxyl groups excluding tert-OH is 1. The predicted octanol–water partition coefficient (Wildman–Crippen LogP) is 4.50. The molecule has 0 spiro atoms. The summed E-state index contributed by atoms with van der Waals surface area (Å²) in [5.41, 5.74) is 1.74. The summed E-state index contributed by atoms with van der Waals surface area (Å²) in [5, 5.41) is 24.3. The summed E-state index contributed by atoms with van der Waals surface area (Å²) in [6, 6.07) is 7.96. The zero-order valence-electron chi connectivity index (χ0n) is 32.6. The molecule has 3 aromatic rings. The monoisotopic (exact) mass is 776 g/mol. The average Bonchev–Trinajstić information content (AvgIpc) is 3.53. The van der Waals surface area contributed by atoms with Crippen LogP contribution in [0.5, 0.6) is 0 Å². The van der Waals surface area contributed by atoms with Crippen molar-refractivity contribution in [2.45, 2.75) is 84.8 Å². The number of aliphatic imine (C=N–C) groups is 1. The minimum atomic E-state index is -0.850. The Kier molecular flexibility index (Phi) is 13.0. The molecule has 2 bridgehead atoms. The first kappa shape index (κ1) is 40.8. The number of carbonyl (C=O) groups is 3. The van der Waals surface area contributed by atoms with Crippen LogP contribution in [0.15, 0.2) is 59.4 Å². The number of ether oxygens (including phenoxy) is 1. The maximum atomic E-state index is 15.1. The minimum Gasteiger partial charge on any atom is -0.394 e. The molecule has 0 radical (unpaired) electrons. The number of fused-ring (bicyclic) bond motifs is 4. The molecule has 6 N–H and O–H groups in total. The van der Waals surface area contributed by atoms with Crippen LogP contribution in [0.4, 0.5) is 14.5 Å². The lowest BCUT2D eigenvalue weighted by Gasteiger charge is -2.43. The summed E-state index contributed by atoms with van der Waals surface area (Å²) in [4.78, 5) is 47.7. The van der Waals surface area contributed by atoms with Gasteiger partial charge in [0, 0.05) is 47.4 Å². The maximum absolute atomic E-state index is 15.1. The third-order valence-electron chi connectivity index (χ3n) is 11.2. The summed E-state index contributed by atoms with van der Waals surface area (Å²) < 4.78 is 36.8. The molecular formula is C41H54F2N8O5. The number of amidine groups is 1. The van der Waals surface area contributed by atoms with Crippen molar-refractivity contribution in [3.63, 3.8) is 0 Å². The second kappa shape index (κ2) is 17.9. The molecule has 3 heterocycles. The lowest BCUT2D eigenvalue weighted by Crippen LogP contribution is -2.53. The van der Waals surface area contributed by atoms with E-state index in [2.05, 4.69) is 36.6 Å². The van der Waals surface area contributed by atoms with Crippen molar-refractivity contribution >= 4 is 40.3 Å². The Labute approximate surface area is 326 Å². The quantitative estimate of drug-likeness (QED) is 0.109. The number of benzene rings is 1. The Hall–Kier alpha value is -4.89. The molecule has 1 aliphatic heterocycles. The van der Waals surface area contributed by atoms with Gasteiger partial charge in [-0.25, -0.2) is 13.8 Å². The average molecular weight is 777 g/mol. The van der Waals surface area contributed by atoms with Gasteiger partial charge >= 0.3 is 0 Å². The van der Waals surface area contributed by atoms with Crippen LogP contribution >= 0.6 is 0 Å². The van der Waals surface area contributed by atoms with Crippen LogP contribution in [0.2, 0.25) is 0 Å². The normalized spacial score (nSPS) is 20.1. The largest absolute Gasteiger partial charge is 0.394 e. The highest BCUT2D eigenvalue weighted by Gasteiger charge is 2.37. The first-order valence-electron chi connectivity index (χ1n) is 19.6. The van der Waals surface area contributed by atoms with E-state index < -0.39 is 29.1 Å². The molecule has 3 saturated carbocycles. The van der Waals surface area contributed by atoms with Crippen molar-refractivity contribution in [2.24, 2.45) is 28.2 Å². The van der Waals surface area contributed by atoms with Crippen LogP contribution in [0.1, 0.15) is 77.3 Å². The summed E-state index contributed by atoms with van der Waals surface area (Å²) in [5.74, 6) is -0.314. The third-order valence-corrected chi connectivity index (χ3v) is 11.2. The van der Waals surface area contributed by atoms with Crippen molar-refractivity contribution < 1.29 is 33.0 Å². The topological polar surface area (TPSA) is 171 Å². The lowest BCUT2D eigenvalue weighted by atomic mass is 9.68. The predicted molar refractivity (Wildman–Crippen MR) is 210 cm³/mol. The summed E-state index contributed by atoms with van der Waals surface area (Å²) in [7, 11) is 0. The number of rotatable bonds is 17. The van der Waals surface area contributed by atoms with Gasteiger partial charge in [-0.2, -0.15) is 0 Å². The molecule has 2 aromatic heterocycles. The van der Waals surface area contributed by atoms with Crippen molar-refractivity contribution in [3.8, 4) is 0 Å². The number of nitrogens with zero attached hydrogens (tertiary/aromatic N) is 3. The van der Waals surface area contributed by atoms with Gasteiger partial charge in [-0.15, -0.1) is 0 Å². The molecule has 15 heteroatoms. The minimum absolute atomic E-state index is 0.102. The van der Waals surface area contributed by atoms with Crippen LogP contribution in [0.25, 0.3) is 11.0 Å². The smallest absolute Gasteiger partial charge is 0.243 e. The molecule has 3 fully saturated rings. The van der Waals surface area contributed by atoms with Crippen molar-refractivity contribution in [1.29, 1.82) is 0 Å². The van der Waals surface area contributed by atoms with Crippen molar-refractivity contribution in [1.82, 2.24) is 30.8 Å². The van der Waals surface area contributed by atoms with Gasteiger partial charge in [-0.05, 0) is 67.2 Å². The van der Waals surface area contributed by atoms with Gasteiger partial charge in [0.25, 0.3) is 0 Å². The van der Waals surface area contributed by atoms with Gasteiger partial charge in [-0.1, -0.05) is 52.7 Å². The van der Waals surface area contributed by atoms with Crippen molar-refractivity contribution in [3.05, 3.63) is 71.3 Å². The zero-order valence-corrected chi connectivity index (χ0v) is 32.6. The van der Waals surface area contributed by atoms with Gasteiger partial charge in [0.2, 0.25) is 17.7 Å². The standard InChI is InChI=1S/C41H54F2N8O5/c1-24(2)35(49-40(55)41(3,4)13-15-56-16-14-52)39(54)46-21-34(53)47-29-11-7-26(8-12-29)22-51-23-31(30-18-28(42)19-45-38(30)51)36-44-20-32(43)37(50-36)48-33-17-25-5-9-27(33)10-6-25/h7-8,11-12,18-19,23-25,27,33,35,48,52H,5-6,9-10,13-17,20-22H2,1-4H3,(H,44,50)(H,46,54)(H,47,53)(H,49,55). The molecular weight excluding hydrogens is 722 g/mol. The van der Waals surface area contributed by atoms with E-state index in [1.165, 1.54) is 18.9 Å². The Morgan fingerprint density at radius 2 is 1.84 bits per heavy atom. The van der Waals surface area contributed by atoms with Crippen LogP contribution < -0.4 is 26.6 Å². The Morgan fingerprint density at radius 3 is 2.52 bits per heavy atom. The van der Waals surface area contributed by atoms with E-state index in [-0.39, 0.29) is 56.6 Å². The highest BCUT2D eigenvalue weighted by atomic mass is 19.1. The number of amides is 3. The van der Waals surface area contributed by atoms with E-state index in [1.807, 2.05) is 36.7 Å². The van der Waals surface area contributed by atoms with Gasteiger partial charge in [-0.3, -0.25) is 19.4 Å². The zero-order chi connectivity index (χ0) is 40.0. The highest BCUT2D eigenvalue weighted by molar-refractivity contribution is 6.10. The van der Waals surface area contributed by atoms with Gasteiger partial charge in [0.15, 0.2) is 5.83 Å². The number of carbonyl (C=O) groups excluding carboxylic acids is 3. The molecule has 7 rings (SSSR count). The van der Waals surface area contributed by atoms with E-state index in [9.17, 15) is 18.8 Å². The van der Waals surface area contributed by atoms with Gasteiger partial charge < -0.3 is 41.0 Å². The molecule has 4 aliphatic rings. The molecule has 56 heavy (non-hydrogen) atoms. The van der Waals surface area contributed by atoms with Gasteiger partial charge in [0.05, 0.1) is 32.5 Å². The fourth-order valence-corrected chi connectivity index (χ4v) is 7.77. The van der Waals surface area contributed by atoms with E-state index in [0.717, 1.165) is 31.0 Å². The Bertz CT molecular complexity index is 1950. The first-order chi connectivity index (χ1) is 26.8. The molecule has 2 unspecified atom stereocenters. The third kappa shape index (κ3) is 9.91. The molecule has 3 aliphatic carbocycles. The molecule has 302 valence electrons. The lowest BCUT2D eigenvalue weighted by molar-refractivity contribution is -0.136. The molecule has 13 nitrogen and oxygen atoms in total. The fraction of sp³-hybridized carbons (Fsp3) is 0.537. The fourth-order valence-electron chi connectivity index (χ4n) is 7.77. The number of aromatic nitrogens is 2. The number of pyridine rings is 1. The number of nitrogens with one attached hydrogen (secondary N) is 5. The van der Waals surface area contributed by atoms with Crippen LogP contribution in [-0.4, -0.2) is 83.2 Å². The van der Waals surface area contributed by atoms with E-state index in [0.29, 0.717) is 58.7 Å². The number of hydrogen-bond acceptors (Lipinski definition) is 9. The SMILES string of the molecule is CC(C)C(NC(=O)C(C)(C)CCOCCO)C(=O)NCC(=O)Nc1ccc(Cn2cc(C3=NCC(F)=C(NC4CC5CCC4CC5)N3)c3cc(F)cnc32)cc1. The van der Waals surface area contributed by atoms with E-state index >= 15 is 4.39 Å². The van der Waals surface area contributed by atoms with Crippen LogP contribution in [0, 0.1) is 29.0 Å². The molecule has 3 amide bonds. The first-order valence-corrected chi connectivity index (χ1v) is 19.6. The molecule has 0 saturated heterocycles. The maximum Gasteiger partial charge on any atom is 0.243 e. The van der Waals surface area contributed by atoms with E-state index in [1.54, 1.807) is 26.0 Å². The number of aliphatic hydroxyl groups is 1. The molecule has 2 atom stereocenters. The Morgan fingerprint density at radius 1 is 1.09 bits per heavy atom. The van der Waals surface area contributed by atoms with Crippen LogP contribution in [0.3, 0.4) is 0 Å². The second-order valence-corrected chi connectivity index (χ2v) is 16.2. The summed E-state index contributed by atoms with van der Waals surface area (Å²) in [6.07, 6.45) is 9.25. The number of anilines is 1. The van der Waals surface area contributed by atoms with Gasteiger partial charge in [0.1, 0.15) is 29.2 Å². The summed E-state index contributed by atoms with van der Waals surface area (Å²) >= 11 is 0. The van der Waals surface area contributed by atoms with E-state index in [4.69, 9.17) is 9.84 Å². The number of hydrogen-bond donors (Lipinski definition) is 6. The van der Waals surface area contributed by atoms with Crippen LogP contribution in [-0.2, 0) is 25.7 Å². The van der Waals surface area contributed by atoms with Crippen molar-refractivity contribution in [2.75, 3.05) is 38.2 Å². The molecule has 1 aromatic carbocycles. The highest BCUT2D eigenvalue weighted by Crippen LogP contribution is 2.41. The summed E-state index contributed by atoms with van der Waals surface area (Å²) in [6.45, 7) is 7.47.